The summed E-state index contributed by atoms with van der Waals surface area (Å²) < 4.78 is 11.9. The average molecular weight is 485 g/mol. The molecule has 4 aromatic carbocycles. The van der Waals surface area contributed by atoms with Crippen LogP contribution in [-0.4, -0.2) is 34.0 Å². The Balaban J connectivity index is 1.45. The van der Waals surface area contributed by atoms with Gasteiger partial charge in [-0.15, -0.1) is 0 Å². The van der Waals surface area contributed by atoms with Gasteiger partial charge in [0.15, 0.2) is 0 Å². The smallest absolute Gasteiger partial charge is 0.336 e. The van der Waals surface area contributed by atoms with Gasteiger partial charge in [0.25, 0.3) is 0 Å². The first-order valence-electron chi connectivity index (χ1n) is 12.0. The molecular weight excluding hydrogens is 456 g/mol. The topological polar surface area (TPSA) is 96.2 Å². The lowest BCUT2D eigenvalue weighted by atomic mass is 9.90. The van der Waals surface area contributed by atoms with Crippen molar-refractivity contribution in [3.63, 3.8) is 0 Å². The number of aromatic carboxylic acids is 1. The molecule has 0 radical (unpaired) electrons. The van der Waals surface area contributed by atoms with E-state index in [0.717, 1.165) is 27.5 Å². The van der Waals surface area contributed by atoms with Gasteiger partial charge in [-0.1, -0.05) is 54.6 Å². The van der Waals surface area contributed by atoms with Crippen LogP contribution >= 0.6 is 0 Å². The second-order valence-corrected chi connectivity index (χ2v) is 9.06. The van der Waals surface area contributed by atoms with Crippen molar-refractivity contribution >= 4 is 16.7 Å². The zero-order valence-electron chi connectivity index (χ0n) is 19.8. The average Bonchev–Trinajstić information content (AvgIpc) is 2.91. The zero-order chi connectivity index (χ0) is 25.1. The van der Waals surface area contributed by atoms with E-state index in [9.17, 15) is 20.1 Å². The van der Waals surface area contributed by atoms with Gasteiger partial charge in [0.05, 0.1) is 24.4 Å². The third-order valence-electron chi connectivity index (χ3n) is 6.65. The Morgan fingerprint density at radius 3 is 2.58 bits per heavy atom. The summed E-state index contributed by atoms with van der Waals surface area (Å²) in [7, 11) is 0. The highest BCUT2D eigenvalue weighted by Gasteiger charge is 2.22. The van der Waals surface area contributed by atoms with E-state index in [1.807, 2.05) is 72.8 Å². The lowest BCUT2D eigenvalue weighted by molar-refractivity contribution is -0.0448. The van der Waals surface area contributed by atoms with Crippen LogP contribution in [0.2, 0.25) is 0 Å². The van der Waals surface area contributed by atoms with Gasteiger partial charge in [-0.25, -0.2) is 4.79 Å². The minimum absolute atomic E-state index is 0.0726. The molecule has 5 rings (SSSR count). The Morgan fingerprint density at radius 1 is 1.00 bits per heavy atom. The predicted octanol–water partition coefficient (Wildman–Crippen LogP) is 5.49. The van der Waals surface area contributed by atoms with Gasteiger partial charge < -0.3 is 24.8 Å². The molecule has 0 saturated carbocycles. The van der Waals surface area contributed by atoms with Crippen molar-refractivity contribution in [1.29, 1.82) is 0 Å². The van der Waals surface area contributed by atoms with Crippen LogP contribution in [0.3, 0.4) is 0 Å². The number of carbonyl (C=O) groups is 1. The summed E-state index contributed by atoms with van der Waals surface area (Å²) in [6.45, 7) is 0.504. The molecule has 2 unspecified atom stereocenters. The van der Waals surface area contributed by atoms with Crippen LogP contribution in [0.5, 0.6) is 5.75 Å². The van der Waals surface area contributed by atoms with Crippen molar-refractivity contribution in [2.24, 2.45) is 0 Å². The first-order chi connectivity index (χ1) is 17.5. The van der Waals surface area contributed by atoms with Crippen LogP contribution in [-0.2, 0) is 18.0 Å². The largest absolute Gasteiger partial charge is 0.489 e. The van der Waals surface area contributed by atoms with E-state index in [1.54, 1.807) is 6.07 Å². The van der Waals surface area contributed by atoms with Crippen LogP contribution in [0.25, 0.3) is 21.9 Å². The molecule has 36 heavy (non-hydrogen) atoms. The third kappa shape index (κ3) is 4.97. The van der Waals surface area contributed by atoms with Gasteiger partial charge in [0, 0.05) is 18.6 Å². The Kier molecular flexibility index (Phi) is 7.00. The molecule has 1 aliphatic rings. The lowest BCUT2D eigenvalue weighted by Gasteiger charge is -2.27. The van der Waals surface area contributed by atoms with Crippen LogP contribution in [0.4, 0.5) is 0 Å². The zero-order valence-corrected chi connectivity index (χ0v) is 19.8. The maximum atomic E-state index is 12.0. The van der Waals surface area contributed by atoms with Crippen LogP contribution in [0.15, 0.2) is 78.9 Å². The number of hydrogen-bond donors (Lipinski definition) is 3. The highest BCUT2D eigenvalue weighted by atomic mass is 16.5. The molecule has 0 aromatic heterocycles. The SMILES string of the molecule is O=C(O)c1cc2cc(OCc3cccc(C4CC(O)CCO4)c3)ccc2c(-c2ccccc2)c1CO. The van der Waals surface area contributed by atoms with Crippen LogP contribution in [0.1, 0.15) is 46.0 Å². The second kappa shape index (κ2) is 10.5. The maximum Gasteiger partial charge on any atom is 0.336 e. The molecule has 4 aromatic rings. The van der Waals surface area contributed by atoms with Crippen LogP contribution in [0, 0.1) is 0 Å². The molecule has 1 heterocycles. The van der Waals surface area contributed by atoms with Crippen molar-refractivity contribution in [3.05, 3.63) is 101 Å². The fraction of sp³-hybridized carbons (Fsp3) is 0.233. The summed E-state index contributed by atoms with van der Waals surface area (Å²) >= 11 is 0. The minimum atomic E-state index is -1.09. The first kappa shape index (κ1) is 24.0. The summed E-state index contributed by atoms with van der Waals surface area (Å²) in [5.41, 5.74) is 4.01. The van der Waals surface area contributed by atoms with E-state index < -0.39 is 5.97 Å². The lowest BCUT2D eigenvalue weighted by Crippen LogP contribution is -2.23. The highest BCUT2D eigenvalue weighted by Crippen LogP contribution is 2.37. The van der Waals surface area contributed by atoms with Crippen molar-refractivity contribution in [3.8, 4) is 16.9 Å². The van der Waals surface area contributed by atoms with Gasteiger partial charge in [-0.3, -0.25) is 0 Å². The summed E-state index contributed by atoms with van der Waals surface area (Å²) in [5.74, 6) is -0.472. The molecule has 1 saturated heterocycles. The van der Waals surface area contributed by atoms with E-state index in [4.69, 9.17) is 9.47 Å². The number of fused-ring (bicyclic) bond motifs is 1. The monoisotopic (exact) mass is 484 g/mol. The van der Waals surface area contributed by atoms with Gasteiger partial charge in [0.2, 0.25) is 0 Å². The summed E-state index contributed by atoms with van der Waals surface area (Å²) in [6, 6.07) is 24.7. The van der Waals surface area contributed by atoms with Crippen molar-refractivity contribution in [2.75, 3.05) is 6.61 Å². The number of carboxylic acids is 1. The van der Waals surface area contributed by atoms with E-state index in [0.29, 0.717) is 42.9 Å². The Labute approximate surface area is 209 Å². The van der Waals surface area contributed by atoms with E-state index in [-0.39, 0.29) is 24.4 Å². The summed E-state index contributed by atoms with van der Waals surface area (Å²) in [6.07, 6.45) is 0.780. The molecule has 3 N–H and O–H groups in total. The molecule has 0 aliphatic carbocycles. The first-order valence-corrected chi connectivity index (χ1v) is 12.0. The van der Waals surface area contributed by atoms with E-state index in [1.165, 1.54) is 0 Å². The Morgan fingerprint density at radius 2 is 1.83 bits per heavy atom. The highest BCUT2D eigenvalue weighted by molar-refractivity contribution is 6.05. The maximum absolute atomic E-state index is 12.0. The van der Waals surface area contributed by atoms with Crippen molar-refractivity contribution in [1.82, 2.24) is 0 Å². The predicted molar refractivity (Wildman–Crippen MR) is 137 cm³/mol. The minimum Gasteiger partial charge on any atom is -0.489 e. The van der Waals surface area contributed by atoms with Gasteiger partial charge in [0.1, 0.15) is 12.4 Å². The van der Waals surface area contributed by atoms with Crippen molar-refractivity contribution in [2.45, 2.75) is 38.3 Å². The number of rotatable bonds is 7. The standard InChI is InChI=1S/C30H28O6/c31-17-27-26(30(33)34)15-22-14-24(9-10-25(22)29(27)20-6-2-1-3-7-20)36-18-19-5-4-8-21(13-19)28-16-23(32)11-12-35-28/h1-10,13-15,23,28,31-32H,11-12,16-18H2,(H,33,34). The number of hydrogen-bond acceptors (Lipinski definition) is 5. The molecule has 0 spiro atoms. The molecular formula is C30H28O6. The Bertz CT molecular complexity index is 1380. The molecule has 1 fully saturated rings. The van der Waals surface area contributed by atoms with E-state index >= 15 is 0 Å². The second-order valence-electron chi connectivity index (χ2n) is 9.06. The third-order valence-corrected chi connectivity index (χ3v) is 6.65. The number of carboxylic acid groups (broad SMARTS) is 1. The van der Waals surface area contributed by atoms with Gasteiger partial charge in [-0.2, -0.15) is 0 Å². The number of aliphatic hydroxyl groups is 2. The number of benzene rings is 4. The van der Waals surface area contributed by atoms with Crippen molar-refractivity contribution < 1.29 is 29.6 Å². The number of aliphatic hydroxyl groups excluding tert-OH is 2. The Hall–Kier alpha value is -3.71. The van der Waals surface area contributed by atoms with Crippen LogP contribution < -0.4 is 4.74 Å². The molecule has 0 amide bonds. The normalized spacial score (nSPS) is 17.7. The molecule has 6 nitrogen and oxygen atoms in total. The fourth-order valence-corrected chi connectivity index (χ4v) is 4.87. The van der Waals surface area contributed by atoms with E-state index in [2.05, 4.69) is 0 Å². The molecule has 0 bridgehead atoms. The molecule has 1 aliphatic heterocycles. The molecule has 184 valence electrons. The van der Waals surface area contributed by atoms with Gasteiger partial charge in [-0.05, 0) is 63.7 Å². The number of ether oxygens (including phenoxy) is 2. The summed E-state index contributed by atoms with van der Waals surface area (Å²) in [4.78, 5) is 12.0. The quantitative estimate of drug-likeness (QED) is 0.321. The fourth-order valence-electron chi connectivity index (χ4n) is 4.87. The molecule has 6 heteroatoms. The molecule has 2 atom stereocenters. The van der Waals surface area contributed by atoms with Gasteiger partial charge >= 0.3 is 5.97 Å². The summed E-state index contributed by atoms with van der Waals surface area (Å²) in [5, 5.41) is 31.4.